The fourth-order valence-electron chi connectivity index (χ4n) is 4.60. The van der Waals surface area contributed by atoms with Gasteiger partial charge < -0.3 is 9.84 Å². The molecule has 2 fully saturated rings. The van der Waals surface area contributed by atoms with Gasteiger partial charge in [0.05, 0.1) is 17.1 Å². The normalized spacial score (nSPS) is 59.9. The molecule has 2 heteroatoms. The van der Waals surface area contributed by atoms with Crippen LogP contribution < -0.4 is 0 Å². The molecular formula is C13H20O2. The molecule has 1 heterocycles. The van der Waals surface area contributed by atoms with Crippen LogP contribution in [0, 0.1) is 10.8 Å². The molecule has 1 aliphatic heterocycles. The van der Waals surface area contributed by atoms with Crippen LogP contribution in [0.2, 0.25) is 0 Å². The summed E-state index contributed by atoms with van der Waals surface area (Å²) in [6.45, 7) is 8.83. The molecule has 15 heavy (non-hydrogen) atoms. The second kappa shape index (κ2) is 2.18. The number of ether oxygens (including phenoxy) is 1. The molecule has 2 nitrogen and oxygen atoms in total. The number of rotatable bonds is 0. The highest BCUT2D eigenvalue weighted by Gasteiger charge is 2.81. The molecule has 0 aromatic rings. The maximum atomic E-state index is 10.2. The molecule has 1 N–H and O–H groups in total. The highest BCUT2D eigenvalue weighted by Crippen LogP contribution is 2.75. The van der Waals surface area contributed by atoms with Gasteiger partial charge >= 0.3 is 0 Å². The van der Waals surface area contributed by atoms with Crippen LogP contribution in [0.15, 0.2) is 12.2 Å². The van der Waals surface area contributed by atoms with Gasteiger partial charge in [0.25, 0.3) is 0 Å². The summed E-state index contributed by atoms with van der Waals surface area (Å²) in [7, 11) is 0. The quantitative estimate of drug-likeness (QED) is 0.619. The van der Waals surface area contributed by atoms with Crippen LogP contribution in [0.25, 0.3) is 0 Å². The molecule has 4 atom stereocenters. The van der Waals surface area contributed by atoms with E-state index >= 15 is 0 Å². The summed E-state index contributed by atoms with van der Waals surface area (Å²) in [4.78, 5) is 0. The lowest BCUT2D eigenvalue weighted by Gasteiger charge is -2.79. The topological polar surface area (TPSA) is 29.5 Å². The fraction of sp³-hybridized carbons (Fsp3) is 0.846. The molecule has 0 amide bonds. The largest absolute Gasteiger partial charge is 0.390 e. The van der Waals surface area contributed by atoms with Crippen molar-refractivity contribution in [1.29, 1.82) is 0 Å². The van der Waals surface area contributed by atoms with E-state index in [1.165, 1.54) is 0 Å². The highest BCUT2D eigenvalue weighted by molar-refractivity contribution is 5.44. The summed E-state index contributed by atoms with van der Waals surface area (Å²) in [5, 5.41) is 10.2. The standard InChI is InChI=1S/C13H20O2/c1-10(2)6-5-9(14)12(4)13(10)8-7-11(13,3)15-12/h7-9,14H,5-6H2,1-4H3. The number of aliphatic hydroxyl groups excluding tert-OH is 1. The van der Waals surface area contributed by atoms with Crippen LogP contribution in [-0.2, 0) is 4.74 Å². The van der Waals surface area contributed by atoms with Gasteiger partial charge in [0.15, 0.2) is 0 Å². The first-order chi connectivity index (χ1) is 6.79. The minimum absolute atomic E-state index is 0.0463. The lowest BCUT2D eigenvalue weighted by Crippen LogP contribution is -2.85. The van der Waals surface area contributed by atoms with Crippen molar-refractivity contribution in [2.24, 2.45) is 10.8 Å². The second-order valence-corrected chi connectivity index (χ2v) is 6.40. The molecule has 0 aromatic heterocycles. The first-order valence-electron chi connectivity index (χ1n) is 5.88. The molecule has 1 saturated heterocycles. The van der Waals surface area contributed by atoms with E-state index in [0.29, 0.717) is 0 Å². The fourth-order valence-corrected chi connectivity index (χ4v) is 4.60. The Kier molecular flexibility index (Phi) is 1.44. The third-order valence-corrected chi connectivity index (χ3v) is 5.39. The predicted molar refractivity (Wildman–Crippen MR) is 58.5 cm³/mol. The van der Waals surface area contributed by atoms with Gasteiger partial charge in [-0.2, -0.15) is 0 Å². The molecule has 0 bridgehead atoms. The third kappa shape index (κ3) is 0.696. The lowest BCUT2D eigenvalue weighted by atomic mass is 9.37. The van der Waals surface area contributed by atoms with Crippen molar-refractivity contribution in [3.63, 3.8) is 0 Å². The van der Waals surface area contributed by atoms with E-state index < -0.39 is 0 Å². The predicted octanol–water partition coefficient (Wildman–Crippen LogP) is 2.27. The Morgan fingerprint density at radius 2 is 1.87 bits per heavy atom. The smallest absolute Gasteiger partial charge is 0.105 e. The Labute approximate surface area is 91.3 Å². The van der Waals surface area contributed by atoms with Gasteiger partial charge in [-0.15, -0.1) is 0 Å². The van der Waals surface area contributed by atoms with E-state index in [-0.39, 0.29) is 28.1 Å². The van der Waals surface area contributed by atoms with E-state index in [9.17, 15) is 5.11 Å². The average Bonchev–Trinajstić information content (AvgIpc) is 2.11. The van der Waals surface area contributed by atoms with E-state index in [1.54, 1.807) is 0 Å². The molecule has 4 unspecified atom stereocenters. The highest BCUT2D eigenvalue weighted by atomic mass is 16.6. The zero-order valence-electron chi connectivity index (χ0n) is 10.0. The lowest BCUT2D eigenvalue weighted by molar-refractivity contribution is -0.414. The van der Waals surface area contributed by atoms with E-state index in [2.05, 4.69) is 39.8 Å². The third-order valence-electron chi connectivity index (χ3n) is 5.39. The maximum Gasteiger partial charge on any atom is 0.105 e. The van der Waals surface area contributed by atoms with Gasteiger partial charge in [-0.1, -0.05) is 26.0 Å². The van der Waals surface area contributed by atoms with Gasteiger partial charge in [-0.25, -0.2) is 0 Å². The monoisotopic (exact) mass is 208 g/mol. The SMILES string of the molecule is CC1(C)CCC(O)C2(C)OC3(C)C=CC132. The van der Waals surface area contributed by atoms with Crippen molar-refractivity contribution >= 4 is 0 Å². The van der Waals surface area contributed by atoms with Crippen LogP contribution in [0.3, 0.4) is 0 Å². The second-order valence-electron chi connectivity index (χ2n) is 6.40. The molecule has 1 spiro atoms. The Morgan fingerprint density at radius 1 is 1.20 bits per heavy atom. The van der Waals surface area contributed by atoms with Crippen molar-refractivity contribution in [2.75, 3.05) is 0 Å². The Bertz CT molecular complexity index is 360. The Hall–Kier alpha value is -0.340. The summed E-state index contributed by atoms with van der Waals surface area (Å²) in [6, 6.07) is 0. The zero-order valence-corrected chi connectivity index (χ0v) is 10.0. The van der Waals surface area contributed by atoms with Gasteiger partial charge in [-0.05, 0) is 32.1 Å². The minimum atomic E-state index is -0.363. The van der Waals surface area contributed by atoms with Crippen LogP contribution in [-0.4, -0.2) is 22.4 Å². The number of aliphatic hydroxyl groups is 1. The van der Waals surface area contributed by atoms with Crippen LogP contribution in [0.5, 0.6) is 0 Å². The van der Waals surface area contributed by atoms with Crippen LogP contribution in [0.1, 0.15) is 40.5 Å². The molecule has 0 aromatic carbocycles. The summed E-state index contributed by atoms with van der Waals surface area (Å²) < 4.78 is 6.02. The summed E-state index contributed by atoms with van der Waals surface area (Å²) >= 11 is 0. The van der Waals surface area contributed by atoms with Crippen molar-refractivity contribution in [1.82, 2.24) is 0 Å². The molecule has 3 rings (SSSR count). The summed E-state index contributed by atoms with van der Waals surface area (Å²) in [5.41, 5.74) is -0.224. The van der Waals surface area contributed by atoms with Gasteiger partial charge in [0.2, 0.25) is 0 Å². The average molecular weight is 208 g/mol. The summed E-state index contributed by atoms with van der Waals surface area (Å²) in [6.07, 6.45) is 6.04. The van der Waals surface area contributed by atoms with Crippen molar-refractivity contribution in [3.05, 3.63) is 12.2 Å². The molecular weight excluding hydrogens is 188 g/mol. The van der Waals surface area contributed by atoms with Crippen LogP contribution >= 0.6 is 0 Å². The van der Waals surface area contributed by atoms with Gasteiger partial charge in [0, 0.05) is 0 Å². The van der Waals surface area contributed by atoms with E-state index in [4.69, 9.17) is 4.74 Å². The minimum Gasteiger partial charge on any atom is -0.390 e. The molecule has 0 radical (unpaired) electrons. The first kappa shape index (κ1) is 9.86. The zero-order chi connectivity index (χ0) is 11.1. The summed E-state index contributed by atoms with van der Waals surface area (Å²) in [5.74, 6) is 0. The maximum absolute atomic E-state index is 10.2. The Morgan fingerprint density at radius 3 is 2.27 bits per heavy atom. The molecule has 2 aliphatic carbocycles. The van der Waals surface area contributed by atoms with Crippen molar-refractivity contribution < 1.29 is 9.84 Å². The number of hydrogen-bond acceptors (Lipinski definition) is 2. The van der Waals surface area contributed by atoms with Crippen molar-refractivity contribution in [2.45, 2.75) is 57.8 Å². The van der Waals surface area contributed by atoms with Crippen LogP contribution in [0.4, 0.5) is 0 Å². The number of hydrogen-bond donors (Lipinski definition) is 1. The van der Waals surface area contributed by atoms with E-state index in [0.717, 1.165) is 12.8 Å². The first-order valence-corrected chi connectivity index (χ1v) is 5.88. The van der Waals surface area contributed by atoms with Crippen molar-refractivity contribution in [3.8, 4) is 0 Å². The van der Waals surface area contributed by atoms with Gasteiger partial charge in [-0.3, -0.25) is 0 Å². The molecule has 3 aliphatic rings. The molecule has 1 saturated carbocycles. The Balaban J connectivity index is 2.14. The molecule has 84 valence electrons. The van der Waals surface area contributed by atoms with E-state index in [1.807, 2.05) is 0 Å². The van der Waals surface area contributed by atoms with Gasteiger partial charge in [0.1, 0.15) is 5.60 Å².